The Balaban J connectivity index is 1.25. The van der Waals surface area contributed by atoms with E-state index in [1.807, 2.05) is 12.1 Å². The Morgan fingerprint density at radius 1 is 1.17 bits per heavy atom. The zero-order chi connectivity index (χ0) is 24.8. The maximum atomic E-state index is 14.8. The number of benzene rings is 2. The Bertz CT molecular complexity index is 1570. The molecule has 36 heavy (non-hydrogen) atoms. The quantitative estimate of drug-likeness (QED) is 0.444. The number of nitrogen functional groups attached to an aromatic ring is 1. The number of halogens is 1. The molecule has 182 valence electrons. The number of nitrogens with zero attached hydrogens (tertiary/aromatic N) is 4. The predicted octanol–water partition coefficient (Wildman–Crippen LogP) is 2.51. The van der Waals surface area contributed by atoms with Crippen LogP contribution in [0.4, 0.5) is 10.2 Å². The minimum absolute atomic E-state index is 0.0383. The van der Waals surface area contributed by atoms with Gasteiger partial charge in [0.2, 0.25) is 0 Å². The molecule has 0 aliphatic carbocycles. The van der Waals surface area contributed by atoms with Gasteiger partial charge in [-0.1, -0.05) is 24.3 Å². The van der Waals surface area contributed by atoms with Gasteiger partial charge in [0.1, 0.15) is 17.5 Å². The summed E-state index contributed by atoms with van der Waals surface area (Å²) in [6.45, 7) is 1.19. The van der Waals surface area contributed by atoms with Crippen molar-refractivity contribution in [3.05, 3.63) is 92.5 Å². The normalized spacial score (nSPS) is 16.7. The fourth-order valence-electron chi connectivity index (χ4n) is 4.73. The summed E-state index contributed by atoms with van der Waals surface area (Å²) in [6.07, 6.45) is 1.97. The average molecular weight is 487 g/mol. The van der Waals surface area contributed by atoms with Crippen molar-refractivity contribution in [3.63, 3.8) is 0 Å². The smallest absolute Gasteiger partial charge is 0.272 e. The second kappa shape index (κ2) is 8.80. The molecule has 4 aromatic rings. The summed E-state index contributed by atoms with van der Waals surface area (Å²) in [4.78, 5) is 35.9. The third-order valence-corrected chi connectivity index (χ3v) is 6.76. The van der Waals surface area contributed by atoms with Crippen molar-refractivity contribution in [1.29, 1.82) is 0 Å². The van der Waals surface area contributed by atoms with Crippen molar-refractivity contribution in [2.24, 2.45) is 0 Å². The van der Waals surface area contributed by atoms with Crippen LogP contribution >= 0.6 is 0 Å². The molecule has 1 atom stereocenters. The molecule has 1 fully saturated rings. The largest absolute Gasteiger partial charge is 0.383 e. The molecule has 2 aliphatic rings. The van der Waals surface area contributed by atoms with Crippen molar-refractivity contribution >= 4 is 22.5 Å². The van der Waals surface area contributed by atoms with E-state index in [0.717, 1.165) is 13.0 Å². The molecule has 0 bridgehead atoms. The Kier molecular flexibility index (Phi) is 5.45. The molecular weight excluding hydrogens is 463 g/mol. The number of aromatic nitrogens is 4. The summed E-state index contributed by atoms with van der Waals surface area (Å²) >= 11 is 0. The summed E-state index contributed by atoms with van der Waals surface area (Å²) in [5.41, 5.74) is 8.57. The molecule has 10 heteroatoms. The van der Waals surface area contributed by atoms with Gasteiger partial charge in [0.15, 0.2) is 0 Å². The molecule has 2 aromatic carbocycles. The average Bonchev–Trinajstić information content (AvgIpc) is 3.29. The van der Waals surface area contributed by atoms with Crippen LogP contribution in [0.25, 0.3) is 10.8 Å². The van der Waals surface area contributed by atoms with Crippen LogP contribution in [0.3, 0.4) is 0 Å². The van der Waals surface area contributed by atoms with Gasteiger partial charge in [-0.3, -0.25) is 9.59 Å². The molecule has 1 amide bonds. The van der Waals surface area contributed by atoms with Gasteiger partial charge in [0, 0.05) is 30.4 Å². The fraction of sp³-hybridized carbons (Fsp3) is 0.269. The van der Waals surface area contributed by atoms with Gasteiger partial charge in [-0.05, 0) is 30.2 Å². The molecular formula is C26H23FN6O3. The Morgan fingerprint density at radius 3 is 2.75 bits per heavy atom. The summed E-state index contributed by atoms with van der Waals surface area (Å²) in [6, 6.07) is 11.6. The number of anilines is 1. The highest BCUT2D eigenvalue weighted by atomic mass is 19.1. The van der Waals surface area contributed by atoms with Crippen LogP contribution in [0.15, 0.2) is 47.3 Å². The van der Waals surface area contributed by atoms with Crippen LogP contribution < -0.4 is 11.3 Å². The van der Waals surface area contributed by atoms with E-state index in [1.54, 1.807) is 18.2 Å². The highest BCUT2D eigenvalue weighted by Gasteiger charge is 2.30. The van der Waals surface area contributed by atoms with Gasteiger partial charge in [-0.15, -0.1) is 0 Å². The second-order valence-electron chi connectivity index (χ2n) is 9.13. The second-order valence-corrected chi connectivity index (χ2v) is 9.13. The zero-order valence-corrected chi connectivity index (χ0v) is 19.3. The lowest BCUT2D eigenvalue weighted by atomic mass is 10.0. The minimum atomic E-state index is -0.610. The van der Waals surface area contributed by atoms with E-state index in [4.69, 9.17) is 10.5 Å². The highest BCUT2D eigenvalue weighted by molar-refractivity contribution is 5.95. The number of hydrogen-bond donors (Lipinski definition) is 2. The van der Waals surface area contributed by atoms with Crippen LogP contribution in [0.1, 0.15) is 45.1 Å². The molecule has 0 spiro atoms. The summed E-state index contributed by atoms with van der Waals surface area (Å²) < 4.78 is 20.3. The lowest BCUT2D eigenvalue weighted by molar-refractivity contribution is -0.0502. The van der Waals surface area contributed by atoms with Crippen LogP contribution in [-0.2, 0) is 30.7 Å². The van der Waals surface area contributed by atoms with E-state index in [9.17, 15) is 14.0 Å². The van der Waals surface area contributed by atoms with Crippen molar-refractivity contribution in [2.75, 3.05) is 12.3 Å². The molecule has 2 aromatic heterocycles. The third-order valence-electron chi connectivity index (χ3n) is 6.76. The van der Waals surface area contributed by atoms with E-state index in [-0.39, 0.29) is 30.3 Å². The molecule has 4 heterocycles. The molecule has 1 unspecified atom stereocenters. The fourth-order valence-corrected chi connectivity index (χ4v) is 4.73. The van der Waals surface area contributed by atoms with Crippen LogP contribution in [-0.4, -0.2) is 43.7 Å². The summed E-state index contributed by atoms with van der Waals surface area (Å²) in [5.74, 6) is -0.121. The van der Waals surface area contributed by atoms with Crippen molar-refractivity contribution in [2.45, 2.75) is 38.5 Å². The highest BCUT2D eigenvalue weighted by Crippen LogP contribution is 2.29. The standard InChI is InChI=1S/C26H23FN6O3/c27-20-6-5-14(10-21-16-3-1-2-4-17(16)25(34)32-31-21)9-18(20)26(35)33-12-19-22(13-33)29-23(30-24(19)28)11-15-7-8-36-15/h1-6,9,15H,7-8,10-13H2,(H,32,34)(H2,28,29,30). The maximum Gasteiger partial charge on any atom is 0.272 e. The number of H-pyrrole nitrogens is 1. The van der Waals surface area contributed by atoms with Crippen LogP contribution in [0.2, 0.25) is 0 Å². The number of amides is 1. The number of carbonyl (C=O) groups is 1. The first-order chi connectivity index (χ1) is 17.5. The first kappa shape index (κ1) is 22.3. The summed E-state index contributed by atoms with van der Waals surface area (Å²) in [5, 5.41) is 7.93. The molecule has 0 saturated carbocycles. The maximum absolute atomic E-state index is 14.8. The monoisotopic (exact) mass is 486 g/mol. The van der Waals surface area contributed by atoms with E-state index in [0.29, 0.717) is 57.8 Å². The van der Waals surface area contributed by atoms with Crippen molar-refractivity contribution in [3.8, 4) is 0 Å². The number of hydrogen-bond acceptors (Lipinski definition) is 7. The molecule has 3 N–H and O–H groups in total. The molecule has 0 radical (unpaired) electrons. The first-order valence-corrected chi connectivity index (χ1v) is 11.8. The van der Waals surface area contributed by atoms with Crippen LogP contribution in [0.5, 0.6) is 0 Å². The number of nitrogens with two attached hydrogens (primary N) is 1. The zero-order valence-electron chi connectivity index (χ0n) is 19.3. The number of ether oxygens (including phenoxy) is 1. The number of rotatable bonds is 5. The number of fused-ring (bicyclic) bond motifs is 2. The van der Waals surface area contributed by atoms with E-state index >= 15 is 0 Å². The van der Waals surface area contributed by atoms with Gasteiger partial charge in [-0.2, -0.15) is 5.10 Å². The molecule has 9 nitrogen and oxygen atoms in total. The van der Waals surface area contributed by atoms with E-state index < -0.39 is 11.7 Å². The molecule has 2 aliphatic heterocycles. The van der Waals surface area contributed by atoms with E-state index in [1.165, 1.54) is 17.0 Å². The lowest BCUT2D eigenvalue weighted by Gasteiger charge is -2.25. The Morgan fingerprint density at radius 2 is 1.97 bits per heavy atom. The Hall–Kier alpha value is -4.18. The van der Waals surface area contributed by atoms with Gasteiger partial charge in [-0.25, -0.2) is 19.5 Å². The van der Waals surface area contributed by atoms with Crippen molar-refractivity contribution < 1.29 is 13.9 Å². The summed E-state index contributed by atoms with van der Waals surface area (Å²) in [7, 11) is 0. The van der Waals surface area contributed by atoms with Gasteiger partial charge < -0.3 is 15.4 Å². The predicted molar refractivity (Wildman–Crippen MR) is 130 cm³/mol. The topological polar surface area (TPSA) is 127 Å². The number of carbonyl (C=O) groups excluding carboxylic acids is 1. The number of nitrogens with one attached hydrogen (secondary N) is 1. The van der Waals surface area contributed by atoms with Gasteiger partial charge in [0.25, 0.3) is 11.5 Å². The van der Waals surface area contributed by atoms with Crippen molar-refractivity contribution in [1.82, 2.24) is 25.1 Å². The van der Waals surface area contributed by atoms with E-state index in [2.05, 4.69) is 20.2 Å². The molecule has 6 rings (SSSR count). The van der Waals surface area contributed by atoms with Crippen LogP contribution in [0, 0.1) is 5.82 Å². The third kappa shape index (κ3) is 3.99. The Labute approximate surface area is 205 Å². The minimum Gasteiger partial charge on any atom is -0.383 e. The van der Waals surface area contributed by atoms with Gasteiger partial charge >= 0.3 is 0 Å². The SMILES string of the molecule is Nc1nc(CC2CCO2)nc2c1CN(C(=O)c1cc(Cc3n[nH]c(=O)c4ccccc34)ccc1F)C2. The first-order valence-electron chi connectivity index (χ1n) is 11.8. The molecule has 1 saturated heterocycles. The lowest BCUT2D eigenvalue weighted by Crippen LogP contribution is -2.29. The number of aromatic amines is 1. The van der Waals surface area contributed by atoms with Gasteiger partial charge in [0.05, 0.1) is 41.5 Å².